The van der Waals surface area contributed by atoms with E-state index in [1.807, 2.05) is 49.4 Å². The Balaban J connectivity index is 1.61. The minimum Gasteiger partial charge on any atom is -0.507 e. The van der Waals surface area contributed by atoms with E-state index in [9.17, 15) is 15.0 Å². The number of phenolic OH excluding ortho intramolecular Hbond substituents is 2. The Kier molecular flexibility index (Phi) is 7.64. The highest BCUT2D eigenvalue weighted by atomic mass is 35.5. The summed E-state index contributed by atoms with van der Waals surface area (Å²) >= 11 is 6.81. The average molecular weight is 534 g/mol. The number of rotatable bonds is 7. The number of aromatic hydroxyl groups is 2. The molecule has 1 aliphatic rings. The van der Waals surface area contributed by atoms with E-state index in [1.54, 1.807) is 12.1 Å². The minimum absolute atomic E-state index is 0.0765. The number of amides is 1. The van der Waals surface area contributed by atoms with Crippen LogP contribution in [0.4, 0.5) is 0 Å². The lowest BCUT2D eigenvalue weighted by Crippen LogP contribution is -2.35. The van der Waals surface area contributed by atoms with Gasteiger partial charge in [0.25, 0.3) is 5.91 Å². The van der Waals surface area contributed by atoms with Gasteiger partial charge in [0, 0.05) is 37.8 Å². The summed E-state index contributed by atoms with van der Waals surface area (Å²) in [5.41, 5.74) is 3.40. The van der Waals surface area contributed by atoms with Gasteiger partial charge in [0.05, 0.1) is 29.4 Å². The van der Waals surface area contributed by atoms with Gasteiger partial charge < -0.3 is 24.8 Å². The van der Waals surface area contributed by atoms with Gasteiger partial charge in [0.15, 0.2) is 11.5 Å². The predicted molar refractivity (Wildman–Crippen MR) is 145 cm³/mol. The second kappa shape index (κ2) is 11.3. The van der Waals surface area contributed by atoms with Crippen LogP contribution < -0.4 is 5.32 Å². The Morgan fingerprint density at radius 3 is 2.32 bits per heavy atom. The third-order valence-corrected chi connectivity index (χ3v) is 6.89. The van der Waals surface area contributed by atoms with Crippen molar-refractivity contribution in [3.8, 4) is 45.1 Å². The molecule has 1 fully saturated rings. The molecule has 38 heavy (non-hydrogen) atoms. The van der Waals surface area contributed by atoms with Gasteiger partial charge in [-0.3, -0.25) is 9.69 Å². The van der Waals surface area contributed by atoms with Crippen LogP contribution in [0.5, 0.6) is 11.5 Å². The molecule has 0 bridgehead atoms. The number of phenols is 2. The molecule has 1 aliphatic heterocycles. The van der Waals surface area contributed by atoms with Crippen molar-refractivity contribution < 1.29 is 24.3 Å². The second-order valence-electron chi connectivity index (χ2n) is 9.03. The number of carbonyl (C=O) groups is 1. The molecule has 8 nitrogen and oxygen atoms in total. The lowest BCUT2D eigenvalue weighted by Gasteiger charge is -2.26. The number of hydrogen-bond donors (Lipinski definition) is 3. The number of benzene rings is 3. The highest BCUT2D eigenvalue weighted by molar-refractivity contribution is 6.37. The monoisotopic (exact) mass is 533 g/mol. The summed E-state index contributed by atoms with van der Waals surface area (Å²) in [6.07, 6.45) is 0. The summed E-state index contributed by atoms with van der Waals surface area (Å²) in [6.45, 7) is 6.20. The Labute approximate surface area is 225 Å². The molecule has 1 saturated heterocycles. The topological polar surface area (TPSA) is 108 Å². The maximum Gasteiger partial charge on any atom is 0.274 e. The molecule has 4 aromatic rings. The van der Waals surface area contributed by atoms with E-state index in [4.69, 9.17) is 20.9 Å². The fourth-order valence-electron chi connectivity index (χ4n) is 4.64. The van der Waals surface area contributed by atoms with Gasteiger partial charge in [-0.15, -0.1) is 0 Å². The van der Waals surface area contributed by atoms with Crippen molar-refractivity contribution in [2.24, 2.45) is 0 Å². The smallest absolute Gasteiger partial charge is 0.274 e. The fourth-order valence-corrected chi connectivity index (χ4v) is 5.03. The molecule has 2 heterocycles. The summed E-state index contributed by atoms with van der Waals surface area (Å²) in [4.78, 5) is 15.3. The third kappa shape index (κ3) is 5.11. The minimum atomic E-state index is -0.410. The predicted octanol–water partition coefficient (Wildman–Crippen LogP) is 5.32. The van der Waals surface area contributed by atoms with Gasteiger partial charge in [0.2, 0.25) is 0 Å². The number of nitrogens with zero attached hydrogens (tertiary/aromatic N) is 2. The van der Waals surface area contributed by atoms with Crippen LogP contribution in [0, 0.1) is 0 Å². The molecule has 3 N–H and O–H groups in total. The first kappa shape index (κ1) is 25.8. The van der Waals surface area contributed by atoms with Gasteiger partial charge >= 0.3 is 0 Å². The molecule has 0 aliphatic carbocycles. The Morgan fingerprint density at radius 2 is 1.63 bits per heavy atom. The standard InChI is InChI=1S/C29H28ClN3O5/c1-2-31-29(36)27-24(20-10-8-18(9-11-20)17-33-12-14-37-15-13-33)28(38-32-27)25-22(35)16-21(34)23(26(25)30)19-6-4-3-5-7-19/h3-11,16,34-35H,2,12-15,17H2,1H3,(H,31,36). The van der Waals surface area contributed by atoms with Gasteiger partial charge in [-0.1, -0.05) is 71.4 Å². The first-order chi connectivity index (χ1) is 18.5. The molecule has 0 unspecified atom stereocenters. The van der Waals surface area contributed by atoms with Crippen LogP contribution in [0.2, 0.25) is 5.02 Å². The molecule has 0 radical (unpaired) electrons. The molecular weight excluding hydrogens is 506 g/mol. The van der Waals surface area contributed by atoms with Crippen LogP contribution in [0.1, 0.15) is 23.0 Å². The number of morpholine rings is 1. The van der Waals surface area contributed by atoms with Crippen molar-refractivity contribution in [1.29, 1.82) is 0 Å². The van der Waals surface area contributed by atoms with Gasteiger partial charge in [0.1, 0.15) is 11.5 Å². The molecule has 0 atom stereocenters. The molecule has 9 heteroatoms. The van der Waals surface area contributed by atoms with E-state index in [2.05, 4.69) is 15.4 Å². The lowest BCUT2D eigenvalue weighted by molar-refractivity contribution is 0.0342. The maximum absolute atomic E-state index is 12.9. The summed E-state index contributed by atoms with van der Waals surface area (Å²) in [5, 5.41) is 28.5. The summed E-state index contributed by atoms with van der Waals surface area (Å²) < 4.78 is 11.1. The Morgan fingerprint density at radius 1 is 0.974 bits per heavy atom. The lowest BCUT2D eigenvalue weighted by atomic mass is 9.94. The maximum atomic E-state index is 12.9. The molecule has 0 saturated carbocycles. The molecule has 0 spiro atoms. The van der Waals surface area contributed by atoms with Crippen molar-refractivity contribution in [1.82, 2.24) is 15.4 Å². The zero-order valence-electron chi connectivity index (χ0n) is 20.9. The van der Waals surface area contributed by atoms with Crippen LogP contribution in [0.3, 0.4) is 0 Å². The van der Waals surface area contributed by atoms with Crippen molar-refractivity contribution in [2.45, 2.75) is 13.5 Å². The number of carbonyl (C=O) groups excluding carboxylic acids is 1. The normalized spacial score (nSPS) is 13.9. The van der Waals surface area contributed by atoms with Crippen LogP contribution in [0.15, 0.2) is 65.2 Å². The molecule has 1 aromatic heterocycles. The summed E-state index contributed by atoms with van der Waals surface area (Å²) in [5.74, 6) is -0.754. The summed E-state index contributed by atoms with van der Waals surface area (Å²) in [6, 6.07) is 18.1. The van der Waals surface area contributed by atoms with E-state index in [0.717, 1.165) is 38.4 Å². The molecule has 5 rings (SSSR count). The van der Waals surface area contributed by atoms with Crippen LogP contribution in [-0.2, 0) is 11.3 Å². The Hall–Kier alpha value is -3.85. The van der Waals surface area contributed by atoms with E-state index >= 15 is 0 Å². The summed E-state index contributed by atoms with van der Waals surface area (Å²) in [7, 11) is 0. The van der Waals surface area contributed by atoms with Crippen molar-refractivity contribution >= 4 is 17.5 Å². The quantitative estimate of drug-likeness (QED) is 0.295. The van der Waals surface area contributed by atoms with Gasteiger partial charge in [-0.05, 0) is 23.6 Å². The zero-order chi connectivity index (χ0) is 26.6. The molecule has 196 valence electrons. The number of aromatic nitrogens is 1. The van der Waals surface area contributed by atoms with Gasteiger partial charge in [-0.25, -0.2) is 0 Å². The zero-order valence-corrected chi connectivity index (χ0v) is 21.7. The van der Waals surface area contributed by atoms with E-state index < -0.39 is 5.91 Å². The van der Waals surface area contributed by atoms with Crippen LogP contribution in [-0.4, -0.2) is 59.0 Å². The Bertz CT molecular complexity index is 1430. The number of ether oxygens (including phenoxy) is 1. The average Bonchev–Trinajstić information content (AvgIpc) is 3.35. The fraction of sp³-hybridized carbons (Fsp3) is 0.241. The first-order valence-electron chi connectivity index (χ1n) is 12.5. The number of hydrogen-bond acceptors (Lipinski definition) is 7. The van der Waals surface area contributed by atoms with E-state index in [1.165, 1.54) is 6.07 Å². The van der Waals surface area contributed by atoms with E-state index in [-0.39, 0.29) is 33.5 Å². The largest absolute Gasteiger partial charge is 0.507 e. The molecule has 1 amide bonds. The highest BCUT2D eigenvalue weighted by Gasteiger charge is 2.29. The molecular formula is C29H28ClN3O5. The first-order valence-corrected chi connectivity index (χ1v) is 12.8. The highest BCUT2D eigenvalue weighted by Crippen LogP contribution is 2.49. The van der Waals surface area contributed by atoms with Gasteiger partial charge in [-0.2, -0.15) is 0 Å². The number of halogens is 1. The van der Waals surface area contributed by atoms with Crippen molar-refractivity contribution in [2.75, 3.05) is 32.8 Å². The van der Waals surface area contributed by atoms with Crippen molar-refractivity contribution in [3.05, 3.63) is 76.9 Å². The number of nitrogens with one attached hydrogen (secondary N) is 1. The van der Waals surface area contributed by atoms with E-state index in [0.29, 0.717) is 28.8 Å². The third-order valence-electron chi connectivity index (χ3n) is 6.51. The van der Waals surface area contributed by atoms with Crippen LogP contribution >= 0.6 is 11.6 Å². The van der Waals surface area contributed by atoms with Crippen LogP contribution in [0.25, 0.3) is 33.6 Å². The molecule has 3 aromatic carbocycles. The van der Waals surface area contributed by atoms with Crippen molar-refractivity contribution in [3.63, 3.8) is 0 Å². The second-order valence-corrected chi connectivity index (χ2v) is 9.40. The SMILES string of the molecule is CCNC(=O)c1noc(-c2c(O)cc(O)c(-c3ccccc3)c2Cl)c1-c1ccc(CN2CCOCC2)cc1.